The maximum Gasteiger partial charge on any atom is 0.255 e. The van der Waals surface area contributed by atoms with Gasteiger partial charge in [0.05, 0.1) is 10.6 Å². The quantitative estimate of drug-likeness (QED) is 0.684. The van der Waals surface area contributed by atoms with E-state index >= 15 is 0 Å². The molecule has 2 aromatic rings. The van der Waals surface area contributed by atoms with Gasteiger partial charge in [-0.1, -0.05) is 19.8 Å². The van der Waals surface area contributed by atoms with Gasteiger partial charge in [0.2, 0.25) is 10.0 Å². The zero-order valence-corrected chi connectivity index (χ0v) is 15.1. The predicted octanol–water partition coefficient (Wildman–Crippen LogP) is 3.69. The zero-order chi connectivity index (χ0) is 19.2. The standard InChI is InChI=1S/C18H20F2N2O3S/c1-2-3-4-11-21-26(24,25)15-8-5-13(6-9-15)18(23)22-17-10-7-14(19)12-16(17)20/h5-10,12,21H,2-4,11H2,1H3,(H,22,23). The summed E-state index contributed by atoms with van der Waals surface area (Å²) < 4.78 is 53.3. The monoisotopic (exact) mass is 382 g/mol. The molecule has 0 saturated carbocycles. The number of carbonyl (C=O) groups excluding carboxylic acids is 1. The van der Waals surface area contributed by atoms with Crippen LogP contribution in [0.3, 0.4) is 0 Å². The summed E-state index contributed by atoms with van der Waals surface area (Å²) in [6.07, 6.45) is 2.67. The predicted molar refractivity (Wildman–Crippen MR) is 95.5 cm³/mol. The van der Waals surface area contributed by atoms with Crippen LogP contribution in [0.1, 0.15) is 36.5 Å². The minimum atomic E-state index is -3.64. The van der Waals surface area contributed by atoms with E-state index < -0.39 is 27.6 Å². The van der Waals surface area contributed by atoms with E-state index in [1.807, 2.05) is 6.92 Å². The van der Waals surface area contributed by atoms with Crippen LogP contribution in [0.2, 0.25) is 0 Å². The van der Waals surface area contributed by atoms with Gasteiger partial charge in [-0.15, -0.1) is 0 Å². The molecule has 0 radical (unpaired) electrons. The Morgan fingerprint density at radius 1 is 1.04 bits per heavy atom. The van der Waals surface area contributed by atoms with E-state index in [9.17, 15) is 22.0 Å². The first-order chi connectivity index (χ1) is 12.3. The summed E-state index contributed by atoms with van der Waals surface area (Å²) >= 11 is 0. The Kier molecular flexibility index (Phi) is 6.82. The molecule has 0 aromatic heterocycles. The highest BCUT2D eigenvalue weighted by molar-refractivity contribution is 7.89. The van der Waals surface area contributed by atoms with E-state index in [2.05, 4.69) is 10.0 Å². The zero-order valence-electron chi connectivity index (χ0n) is 14.3. The van der Waals surface area contributed by atoms with Crippen molar-refractivity contribution in [3.8, 4) is 0 Å². The van der Waals surface area contributed by atoms with E-state index in [4.69, 9.17) is 0 Å². The average Bonchev–Trinajstić information content (AvgIpc) is 2.61. The lowest BCUT2D eigenvalue weighted by Gasteiger charge is -2.09. The normalized spacial score (nSPS) is 11.3. The van der Waals surface area contributed by atoms with Gasteiger partial charge < -0.3 is 5.32 Å². The Bertz CT molecular complexity index is 869. The van der Waals surface area contributed by atoms with Gasteiger partial charge in [0, 0.05) is 18.2 Å². The van der Waals surface area contributed by atoms with Gasteiger partial charge in [-0.3, -0.25) is 4.79 Å². The molecule has 8 heteroatoms. The number of hydrogen-bond donors (Lipinski definition) is 2. The van der Waals surface area contributed by atoms with Crippen LogP contribution in [0.15, 0.2) is 47.4 Å². The molecular formula is C18H20F2N2O3S. The summed E-state index contributed by atoms with van der Waals surface area (Å²) in [5.41, 5.74) is -0.00986. The van der Waals surface area contributed by atoms with Gasteiger partial charge in [-0.2, -0.15) is 0 Å². The van der Waals surface area contributed by atoms with Crippen molar-refractivity contribution in [3.63, 3.8) is 0 Å². The van der Waals surface area contributed by atoms with Gasteiger partial charge in [0.15, 0.2) is 0 Å². The van der Waals surface area contributed by atoms with Crippen molar-refractivity contribution in [1.82, 2.24) is 4.72 Å². The van der Waals surface area contributed by atoms with Crippen LogP contribution in [0.5, 0.6) is 0 Å². The highest BCUT2D eigenvalue weighted by Crippen LogP contribution is 2.17. The molecule has 0 aliphatic heterocycles. The molecule has 5 nitrogen and oxygen atoms in total. The topological polar surface area (TPSA) is 75.3 Å². The van der Waals surface area contributed by atoms with Crippen LogP contribution >= 0.6 is 0 Å². The third-order valence-corrected chi connectivity index (χ3v) is 5.16. The fraction of sp³-hybridized carbons (Fsp3) is 0.278. The molecule has 0 aliphatic rings. The fourth-order valence-electron chi connectivity index (χ4n) is 2.24. The molecular weight excluding hydrogens is 362 g/mol. The number of amides is 1. The average molecular weight is 382 g/mol. The molecule has 1 amide bonds. The highest BCUT2D eigenvalue weighted by atomic mass is 32.2. The van der Waals surface area contributed by atoms with Crippen molar-refractivity contribution in [1.29, 1.82) is 0 Å². The molecule has 0 atom stereocenters. The number of hydrogen-bond acceptors (Lipinski definition) is 3. The van der Waals surface area contributed by atoms with Crippen molar-refractivity contribution in [3.05, 3.63) is 59.7 Å². The molecule has 0 unspecified atom stereocenters. The molecule has 0 heterocycles. The number of anilines is 1. The van der Waals surface area contributed by atoms with Crippen LogP contribution in [-0.2, 0) is 10.0 Å². The lowest BCUT2D eigenvalue weighted by molar-refractivity contribution is 0.102. The first-order valence-corrected chi connectivity index (χ1v) is 9.68. The lowest BCUT2D eigenvalue weighted by atomic mass is 10.2. The summed E-state index contributed by atoms with van der Waals surface area (Å²) in [4.78, 5) is 12.2. The van der Waals surface area contributed by atoms with Crippen molar-refractivity contribution >= 4 is 21.6 Å². The third kappa shape index (κ3) is 5.34. The maximum atomic E-state index is 13.6. The van der Waals surface area contributed by atoms with E-state index in [-0.39, 0.29) is 16.1 Å². The molecule has 0 saturated heterocycles. The molecule has 0 aliphatic carbocycles. The fourth-order valence-corrected chi connectivity index (χ4v) is 3.31. The third-order valence-electron chi connectivity index (χ3n) is 3.68. The SMILES string of the molecule is CCCCCNS(=O)(=O)c1ccc(C(=O)Nc2ccc(F)cc2F)cc1. The van der Waals surface area contributed by atoms with Gasteiger partial charge in [0.1, 0.15) is 11.6 Å². The summed E-state index contributed by atoms with van der Waals surface area (Å²) in [6.45, 7) is 2.37. The molecule has 140 valence electrons. The molecule has 2 aromatic carbocycles. The molecule has 0 spiro atoms. The Morgan fingerprint density at radius 3 is 2.35 bits per heavy atom. The number of rotatable bonds is 8. The molecule has 26 heavy (non-hydrogen) atoms. The van der Waals surface area contributed by atoms with Crippen LogP contribution in [-0.4, -0.2) is 20.9 Å². The van der Waals surface area contributed by atoms with Gasteiger partial charge in [-0.05, 0) is 42.8 Å². The van der Waals surface area contributed by atoms with Crippen LogP contribution in [0.4, 0.5) is 14.5 Å². The van der Waals surface area contributed by atoms with Gasteiger partial charge in [0.25, 0.3) is 5.91 Å². The van der Waals surface area contributed by atoms with Crippen molar-refractivity contribution < 1.29 is 22.0 Å². The minimum Gasteiger partial charge on any atom is -0.319 e. The first-order valence-electron chi connectivity index (χ1n) is 8.19. The number of unbranched alkanes of at least 4 members (excludes halogenated alkanes) is 2. The molecule has 2 N–H and O–H groups in total. The Labute approximate surface area is 151 Å². The minimum absolute atomic E-state index is 0.0403. The number of carbonyl (C=O) groups is 1. The number of benzene rings is 2. The van der Waals surface area contributed by atoms with Crippen molar-refractivity contribution in [2.45, 2.75) is 31.1 Å². The van der Waals surface area contributed by atoms with E-state index in [0.29, 0.717) is 12.6 Å². The largest absolute Gasteiger partial charge is 0.319 e. The van der Waals surface area contributed by atoms with Crippen LogP contribution in [0.25, 0.3) is 0 Å². The Balaban J connectivity index is 2.05. The molecule has 2 rings (SSSR count). The number of sulfonamides is 1. The first kappa shape index (κ1) is 20.0. The Morgan fingerprint density at radius 2 is 1.73 bits per heavy atom. The Hall–Kier alpha value is -2.32. The summed E-state index contributed by atoms with van der Waals surface area (Å²) in [5.74, 6) is -2.27. The number of halogens is 2. The summed E-state index contributed by atoms with van der Waals surface area (Å²) in [5, 5.41) is 2.31. The van der Waals surface area contributed by atoms with Crippen LogP contribution < -0.4 is 10.0 Å². The highest BCUT2D eigenvalue weighted by Gasteiger charge is 2.15. The van der Waals surface area contributed by atoms with Gasteiger partial charge in [-0.25, -0.2) is 21.9 Å². The van der Waals surface area contributed by atoms with Crippen molar-refractivity contribution in [2.24, 2.45) is 0 Å². The van der Waals surface area contributed by atoms with Crippen molar-refractivity contribution in [2.75, 3.05) is 11.9 Å². The van der Waals surface area contributed by atoms with E-state index in [1.165, 1.54) is 24.3 Å². The second-order valence-corrected chi connectivity index (χ2v) is 7.47. The smallest absolute Gasteiger partial charge is 0.255 e. The number of nitrogens with one attached hydrogen (secondary N) is 2. The summed E-state index contributed by atoms with van der Waals surface area (Å²) in [7, 11) is -3.64. The molecule has 0 fully saturated rings. The van der Waals surface area contributed by atoms with Gasteiger partial charge >= 0.3 is 0 Å². The molecule has 0 bridgehead atoms. The maximum absolute atomic E-state index is 13.6. The second kappa shape index (κ2) is 8.86. The lowest BCUT2D eigenvalue weighted by Crippen LogP contribution is -2.24. The van der Waals surface area contributed by atoms with E-state index in [0.717, 1.165) is 31.4 Å². The second-order valence-electron chi connectivity index (χ2n) is 5.71. The van der Waals surface area contributed by atoms with E-state index in [1.54, 1.807) is 0 Å². The van der Waals surface area contributed by atoms with Crippen LogP contribution in [0, 0.1) is 11.6 Å². The summed E-state index contributed by atoms with van der Waals surface area (Å²) in [6, 6.07) is 8.07.